The molecular formula is C8H17BO4Si. The van der Waals surface area contributed by atoms with Gasteiger partial charge in [0.1, 0.15) is 20.1 Å². The van der Waals surface area contributed by atoms with Crippen LogP contribution in [0.25, 0.3) is 0 Å². The van der Waals surface area contributed by atoms with Gasteiger partial charge in [-0.1, -0.05) is 0 Å². The van der Waals surface area contributed by atoms with E-state index in [4.69, 9.17) is 22.1 Å². The summed E-state index contributed by atoms with van der Waals surface area (Å²) in [7, 11) is 3.90. The molecule has 2 radical (unpaired) electrons. The first-order valence-corrected chi connectivity index (χ1v) is 8.14. The zero-order valence-corrected chi connectivity index (χ0v) is 9.80. The van der Waals surface area contributed by atoms with Crippen molar-refractivity contribution < 1.29 is 19.4 Å². The van der Waals surface area contributed by atoms with Crippen molar-refractivity contribution in [1.82, 2.24) is 0 Å². The average Bonchev–Trinajstić information content (AvgIpc) is 2.29. The van der Waals surface area contributed by atoms with Gasteiger partial charge in [-0.25, -0.2) is 0 Å². The fourth-order valence-corrected chi connectivity index (χ4v) is 2.55. The Morgan fingerprint density at radius 1 is 1.43 bits per heavy atom. The summed E-state index contributed by atoms with van der Waals surface area (Å²) in [5.41, 5.74) is 0. The maximum Gasteiger partial charge on any atom is 0.184 e. The van der Waals surface area contributed by atoms with Crippen LogP contribution in [-0.4, -0.2) is 57.3 Å². The summed E-state index contributed by atoms with van der Waals surface area (Å²) in [4.78, 5) is 0. The highest BCUT2D eigenvalue weighted by atomic mass is 28.4. The van der Waals surface area contributed by atoms with Crippen LogP contribution >= 0.6 is 0 Å². The molecule has 0 aliphatic carbocycles. The normalized spacial score (nSPS) is 38.9. The van der Waals surface area contributed by atoms with Gasteiger partial charge in [-0.15, -0.1) is 0 Å². The second-order valence-electron chi connectivity index (χ2n) is 4.51. The minimum absolute atomic E-state index is 0.236. The van der Waals surface area contributed by atoms with Gasteiger partial charge in [0.25, 0.3) is 0 Å². The van der Waals surface area contributed by atoms with E-state index >= 15 is 0 Å². The highest BCUT2D eigenvalue weighted by Crippen LogP contribution is 2.24. The van der Waals surface area contributed by atoms with E-state index in [0.717, 1.165) is 0 Å². The smallest absolute Gasteiger partial charge is 0.184 e. The maximum atomic E-state index is 9.71. The van der Waals surface area contributed by atoms with Gasteiger partial charge in [-0.05, 0) is 19.6 Å². The Morgan fingerprint density at radius 3 is 2.36 bits per heavy atom. The SMILES string of the molecule is [B]C1OC(CO)C(O)C1O[Si](C)(C)C. The van der Waals surface area contributed by atoms with Crippen LogP contribution < -0.4 is 0 Å². The van der Waals surface area contributed by atoms with E-state index in [1.165, 1.54) is 0 Å². The molecule has 0 bridgehead atoms. The van der Waals surface area contributed by atoms with Crippen molar-refractivity contribution in [3.63, 3.8) is 0 Å². The third-order valence-corrected chi connectivity index (χ3v) is 3.02. The molecule has 1 aliphatic heterocycles. The Bertz CT molecular complexity index is 196. The second kappa shape index (κ2) is 4.32. The largest absolute Gasteiger partial charge is 0.410 e. The van der Waals surface area contributed by atoms with Gasteiger partial charge in [0, 0.05) is 6.00 Å². The lowest BCUT2D eigenvalue weighted by molar-refractivity contribution is -0.00769. The maximum absolute atomic E-state index is 9.71. The van der Waals surface area contributed by atoms with Crippen molar-refractivity contribution >= 4 is 16.2 Å². The van der Waals surface area contributed by atoms with Gasteiger partial charge >= 0.3 is 0 Å². The summed E-state index contributed by atoms with van der Waals surface area (Å²) >= 11 is 0. The molecule has 1 heterocycles. The van der Waals surface area contributed by atoms with E-state index in [0.29, 0.717) is 0 Å². The van der Waals surface area contributed by atoms with Crippen LogP contribution in [0.4, 0.5) is 0 Å². The number of hydrogen-bond donors (Lipinski definition) is 2. The molecule has 14 heavy (non-hydrogen) atoms. The summed E-state index contributed by atoms with van der Waals surface area (Å²) in [6.07, 6.45) is -1.97. The van der Waals surface area contributed by atoms with Crippen molar-refractivity contribution in [1.29, 1.82) is 0 Å². The Labute approximate surface area is 86.8 Å². The molecule has 80 valence electrons. The van der Waals surface area contributed by atoms with Crippen molar-refractivity contribution in [3.05, 3.63) is 0 Å². The van der Waals surface area contributed by atoms with Gasteiger partial charge in [0.15, 0.2) is 8.32 Å². The number of aliphatic hydroxyl groups excluding tert-OH is 2. The molecule has 6 heteroatoms. The van der Waals surface area contributed by atoms with E-state index in [2.05, 4.69) is 0 Å². The third kappa shape index (κ3) is 2.80. The minimum Gasteiger partial charge on any atom is -0.410 e. The van der Waals surface area contributed by atoms with E-state index < -0.39 is 32.6 Å². The first kappa shape index (κ1) is 12.2. The van der Waals surface area contributed by atoms with Crippen LogP contribution in [-0.2, 0) is 9.16 Å². The monoisotopic (exact) mass is 216 g/mol. The summed E-state index contributed by atoms with van der Waals surface area (Å²) in [5.74, 6) is 0. The lowest BCUT2D eigenvalue weighted by Crippen LogP contribution is -2.43. The van der Waals surface area contributed by atoms with Gasteiger partial charge < -0.3 is 19.4 Å². The predicted octanol–water partition coefficient (Wildman–Crippen LogP) is -0.547. The highest BCUT2D eigenvalue weighted by Gasteiger charge is 2.42. The summed E-state index contributed by atoms with van der Waals surface area (Å²) in [6.45, 7) is 5.80. The zero-order chi connectivity index (χ0) is 10.9. The van der Waals surface area contributed by atoms with Crippen molar-refractivity contribution in [2.45, 2.75) is 44.0 Å². The fraction of sp³-hybridized carbons (Fsp3) is 1.00. The Morgan fingerprint density at radius 2 is 2.00 bits per heavy atom. The van der Waals surface area contributed by atoms with E-state index in [1.54, 1.807) is 0 Å². The van der Waals surface area contributed by atoms with Gasteiger partial charge in [-0.3, -0.25) is 0 Å². The van der Waals surface area contributed by atoms with Gasteiger partial charge in [0.05, 0.1) is 12.7 Å². The lowest BCUT2D eigenvalue weighted by Gasteiger charge is -2.27. The van der Waals surface area contributed by atoms with Crippen molar-refractivity contribution in [2.75, 3.05) is 6.61 Å². The van der Waals surface area contributed by atoms with Crippen LogP contribution in [0, 0.1) is 0 Å². The summed E-state index contributed by atoms with van der Waals surface area (Å²) < 4.78 is 10.8. The lowest BCUT2D eigenvalue weighted by atomic mass is 9.93. The number of hydrogen-bond acceptors (Lipinski definition) is 4. The van der Waals surface area contributed by atoms with Gasteiger partial charge in [0.2, 0.25) is 0 Å². The quantitative estimate of drug-likeness (QED) is 0.621. The molecule has 2 N–H and O–H groups in total. The first-order chi connectivity index (χ1) is 6.35. The molecule has 0 spiro atoms. The van der Waals surface area contributed by atoms with Crippen LogP contribution in [0.2, 0.25) is 19.6 Å². The number of rotatable bonds is 3. The zero-order valence-electron chi connectivity index (χ0n) is 8.80. The van der Waals surface area contributed by atoms with Crippen molar-refractivity contribution in [2.24, 2.45) is 0 Å². The third-order valence-electron chi connectivity index (χ3n) is 2.04. The molecule has 1 rings (SSSR count). The molecule has 0 aromatic carbocycles. The molecule has 0 aromatic heterocycles. The standard InChI is InChI=1S/C8H17BO4Si/c1-14(2,3)13-7-6(11)5(4-10)12-8(7)9/h5-8,10-11H,4H2,1-3H3. The van der Waals surface area contributed by atoms with E-state index in [9.17, 15) is 5.11 Å². The second-order valence-corrected chi connectivity index (χ2v) is 8.97. The van der Waals surface area contributed by atoms with Crippen LogP contribution in [0.3, 0.4) is 0 Å². The molecule has 1 saturated heterocycles. The molecule has 0 aromatic rings. The Kier molecular flexibility index (Phi) is 3.76. The first-order valence-electron chi connectivity index (χ1n) is 4.73. The molecule has 4 atom stereocenters. The highest BCUT2D eigenvalue weighted by molar-refractivity contribution is 6.69. The number of aliphatic hydroxyl groups is 2. The van der Waals surface area contributed by atoms with Crippen LogP contribution in [0.5, 0.6) is 0 Å². The molecular weight excluding hydrogens is 199 g/mol. The molecule has 0 amide bonds. The fourth-order valence-electron chi connectivity index (χ4n) is 1.46. The summed E-state index contributed by atoms with van der Waals surface area (Å²) in [5, 5.41) is 18.6. The molecule has 1 aliphatic rings. The minimum atomic E-state index is -1.75. The van der Waals surface area contributed by atoms with Crippen LogP contribution in [0.15, 0.2) is 0 Å². The topological polar surface area (TPSA) is 58.9 Å². The van der Waals surface area contributed by atoms with E-state index in [1.807, 2.05) is 19.6 Å². The molecule has 4 unspecified atom stereocenters. The van der Waals surface area contributed by atoms with Crippen molar-refractivity contribution in [3.8, 4) is 0 Å². The summed E-state index contributed by atoms with van der Waals surface area (Å²) in [6, 6.07) is -0.645. The van der Waals surface area contributed by atoms with E-state index in [-0.39, 0.29) is 6.61 Å². The van der Waals surface area contributed by atoms with Gasteiger partial charge in [-0.2, -0.15) is 0 Å². The number of ether oxygens (including phenoxy) is 1. The predicted molar refractivity (Wildman–Crippen MR) is 55.7 cm³/mol. The van der Waals surface area contributed by atoms with Crippen LogP contribution in [0.1, 0.15) is 0 Å². The molecule has 0 saturated carbocycles. The Balaban J connectivity index is 2.61. The Hall–Kier alpha value is 0.122. The average molecular weight is 216 g/mol. The molecule has 1 fully saturated rings. The molecule has 4 nitrogen and oxygen atoms in total.